The Labute approximate surface area is 165 Å². The molecule has 3 amide bonds. The Balaban J connectivity index is 1.64. The zero-order valence-corrected chi connectivity index (χ0v) is 15.4. The lowest BCUT2D eigenvalue weighted by Gasteiger charge is -2.23. The zero-order chi connectivity index (χ0) is 20.8. The van der Waals surface area contributed by atoms with Gasteiger partial charge in [-0.15, -0.1) is 0 Å². The predicted molar refractivity (Wildman–Crippen MR) is 98.4 cm³/mol. The van der Waals surface area contributed by atoms with Crippen LogP contribution in [0.5, 0.6) is 0 Å². The molecular formula is C19H20N4O6. The number of likely N-dealkylation sites (tertiary alicyclic amines) is 1. The summed E-state index contributed by atoms with van der Waals surface area (Å²) in [6.07, 6.45) is 2.00. The second kappa shape index (κ2) is 9.00. The van der Waals surface area contributed by atoms with E-state index >= 15 is 0 Å². The van der Waals surface area contributed by atoms with Gasteiger partial charge in [0.1, 0.15) is 18.7 Å². The molecule has 3 rings (SSSR count). The van der Waals surface area contributed by atoms with Crippen molar-refractivity contribution in [1.82, 2.24) is 20.2 Å². The quantitative estimate of drug-likeness (QED) is 0.625. The molecule has 0 saturated carbocycles. The van der Waals surface area contributed by atoms with Crippen LogP contribution in [-0.4, -0.2) is 55.9 Å². The van der Waals surface area contributed by atoms with Crippen LogP contribution in [0, 0.1) is 0 Å². The standard InChI is InChI=1S/C19H20N4O6/c24-16-7-6-15(23(16)19(28)29-10-12-4-2-1-3-5-12)17(25)22-14(18(26)27)8-13-9-20-11-21-13/h1-5,9,11,14-15H,6-8,10H2,(H,20,21)(H,22,25)(H,26,27)/t14-,15-/m0/s1. The predicted octanol–water partition coefficient (Wildman–Crippen LogP) is 0.849. The number of aliphatic carboxylic acids is 1. The largest absolute Gasteiger partial charge is 0.480 e. The van der Waals surface area contributed by atoms with Gasteiger partial charge in [0.2, 0.25) is 11.8 Å². The summed E-state index contributed by atoms with van der Waals surface area (Å²) >= 11 is 0. The van der Waals surface area contributed by atoms with Crippen LogP contribution in [0.4, 0.5) is 4.79 Å². The average Bonchev–Trinajstić information content (AvgIpc) is 3.35. The highest BCUT2D eigenvalue weighted by molar-refractivity contribution is 6.01. The second-order valence-corrected chi connectivity index (χ2v) is 6.54. The summed E-state index contributed by atoms with van der Waals surface area (Å²) in [5, 5.41) is 11.8. The van der Waals surface area contributed by atoms with Gasteiger partial charge in [-0.05, 0) is 12.0 Å². The molecule has 152 valence electrons. The maximum absolute atomic E-state index is 12.6. The molecule has 1 aliphatic rings. The average molecular weight is 400 g/mol. The molecule has 1 saturated heterocycles. The minimum Gasteiger partial charge on any atom is -0.480 e. The third kappa shape index (κ3) is 4.98. The van der Waals surface area contributed by atoms with Gasteiger partial charge in [-0.2, -0.15) is 0 Å². The highest BCUT2D eigenvalue weighted by Crippen LogP contribution is 2.21. The number of aromatic amines is 1. The van der Waals surface area contributed by atoms with Gasteiger partial charge < -0.3 is 20.1 Å². The summed E-state index contributed by atoms with van der Waals surface area (Å²) in [6.45, 7) is -0.0463. The van der Waals surface area contributed by atoms with E-state index in [9.17, 15) is 24.3 Å². The van der Waals surface area contributed by atoms with Crippen LogP contribution in [0.25, 0.3) is 0 Å². The van der Waals surface area contributed by atoms with E-state index in [0.29, 0.717) is 5.69 Å². The van der Waals surface area contributed by atoms with E-state index < -0.39 is 36.0 Å². The highest BCUT2D eigenvalue weighted by Gasteiger charge is 2.42. The van der Waals surface area contributed by atoms with Crippen LogP contribution < -0.4 is 5.32 Å². The van der Waals surface area contributed by atoms with Crippen molar-refractivity contribution in [3.63, 3.8) is 0 Å². The molecule has 2 atom stereocenters. The number of carbonyl (C=O) groups is 4. The fraction of sp³-hybridized carbons (Fsp3) is 0.316. The van der Waals surface area contributed by atoms with Crippen molar-refractivity contribution in [2.45, 2.75) is 38.0 Å². The van der Waals surface area contributed by atoms with E-state index in [1.165, 1.54) is 12.5 Å². The Bertz CT molecular complexity index is 883. The summed E-state index contributed by atoms with van der Waals surface area (Å²) < 4.78 is 5.16. The number of hydrogen-bond donors (Lipinski definition) is 3. The maximum atomic E-state index is 12.6. The highest BCUT2D eigenvalue weighted by atomic mass is 16.6. The van der Waals surface area contributed by atoms with Crippen molar-refractivity contribution >= 4 is 23.9 Å². The molecule has 1 aromatic carbocycles. The van der Waals surface area contributed by atoms with Gasteiger partial charge in [-0.3, -0.25) is 9.59 Å². The Hall–Kier alpha value is -3.69. The van der Waals surface area contributed by atoms with Crippen LogP contribution in [0.1, 0.15) is 24.1 Å². The lowest BCUT2D eigenvalue weighted by molar-refractivity contribution is -0.142. The molecule has 2 heterocycles. The van der Waals surface area contributed by atoms with Crippen molar-refractivity contribution in [3.8, 4) is 0 Å². The molecule has 0 aliphatic carbocycles. The molecule has 0 spiro atoms. The van der Waals surface area contributed by atoms with Gasteiger partial charge in [0, 0.05) is 24.7 Å². The molecule has 2 aromatic rings. The van der Waals surface area contributed by atoms with Crippen LogP contribution in [0.15, 0.2) is 42.9 Å². The van der Waals surface area contributed by atoms with Crippen molar-refractivity contribution in [3.05, 3.63) is 54.1 Å². The number of carboxylic acid groups (broad SMARTS) is 1. The van der Waals surface area contributed by atoms with Crippen molar-refractivity contribution in [2.24, 2.45) is 0 Å². The maximum Gasteiger partial charge on any atom is 0.417 e. The van der Waals surface area contributed by atoms with E-state index in [2.05, 4.69) is 15.3 Å². The smallest absolute Gasteiger partial charge is 0.417 e. The number of imide groups is 1. The minimum atomic E-state index is -1.24. The third-order valence-electron chi connectivity index (χ3n) is 4.51. The fourth-order valence-electron chi connectivity index (χ4n) is 3.03. The van der Waals surface area contributed by atoms with E-state index in [1.807, 2.05) is 6.07 Å². The molecule has 1 fully saturated rings. The molecule has 0 unspecified atom stereocenters. The number of rotatable bonds is 7. The first kappa shape index (κ1) is 20.1. The van der Waals surface area contributed by atoms with Crippen LogP contribution >= 0.6 is 0 Å². The molecule has 29 heavy (non-hydrogen) atoms. The molecule has 0 bridgehead atoms. The van der Waals surface area contributed by atoms with Crippen molar-refractivity contribution in [2.75, 3.05) is 0 Å². The number of amides is 3. The van der Waals surface area contributed by atoms with Crippen molar-refractivity contribution < 1.29 is 29.0 Å². The molecule has 3 N–H and O–H groups in total. The lowest BCUT2D eigenvalue weighted by atomic mass is 10.1. The summed E-state index contributed by atoms with van der Waals surface area (Å²) in [4.78, 5) is 56.0. The summed E-state index contributed by atoms with van der Waals surface area (Å²) in [6, 6.07) is 6.55. The fourth-order valence-corrected chi connectivity index (χ4v) is 3.03. The molecule has 10 nitrogen and oxygen atoms in total. The van der Waals surface area contributed by atoms with E-state index in [0.717, 1.165) is 10.5 Å². The summed E-state index contributed by atoms with van der Waals surface area (Å²) in [5.41, 5.74) is 1.26. The van der Waals surface area contributed by atoms with Gasteiger partial charge in [0.15, 0.2) is 0 Å². The Kier molecular flexibility index (Phi) is 6.22. The number of hydrogen-bond acceptors (Lipinski definition) is 6. The van der Waals surface area contributed by atoms with Gasteiger partial charge in [0.25, 0.3) is 0 Å². The van der Waals surface area contributed by atoms with E-state index in [4.69, 9.17) is 4.74 Å². The number of carboxylic acids is 1. The Morgan fingerprint density at radius 3 is 2.72 bits per heavy atom. The van der Waals surface area contributed by atoms with Gasteiger partial charge >= 0.3 is 12.1 Å². The minimum absolute atomic E-state index is 0.00316. The number of carbonyl (C=O) groups excluding carboxylic acids is 3. The number of aromatic nitrogens is 2. The lowest BCUT2D eigenvalue weighted by Crippen LogP contribution is -2.52. The third-order valence-corrected chi connectivity index (χ3v) is 4.51. The van der Waals surface area contributed by atoms with Crippen LogP contribution in [0.3, 0.4) is 0 Å². The second-order valence-electron chi connectivity index (χ2n) is 6.54. The molecule has 10 heteroatoms. The number of ether oxygens (including phenoxy) is 1. The van der Waals surface area contributed by atoms with Gasteiger partial charge in [0.05, 0.1) is 6.33 Å². The topological polar surface area (TPSA) is 142 Å². The molecule has 1 aromatic heterocycles. The molecule has 1 aliphatic heterocycles. The number of imidazole rings is 1. The number of nitrogens with one attached hydrogen (secondary N) is 2. The van der Waals surface area contributed by atoms with Crippen molar-refractivity contribution in [1.29, 1.82) is 0 Å². The zero-order valence-electron chi connectivity index (χ0n) is 15.4. The van der Waals surface area contributed by atoms with E-state index in [1.54, 1.807) is 24.3 Å². The molecule has 0 radical (unpaired) electrons. The summed E-state index contributed by atoms with van der Waals surface area (Å²) in [7, 11) is 0. The number of benzene rings is 1. The first-order chi connectivity index (χ1) is 14.0. The Morgan fingerprint density at radius 1 is 1.31 bits per heavy atom. The van der Waals surface area contributed by atoms with Gasteiger partial charge in [-0.25, -0.2) is 19.5 Å². The Morgan fingerprint density at radius 2 is 2.07 bits per heavy atom. The van der Waals surface area contributed by atoms with Crippen LogP contribution in [-0.2, 0) is 32.1 Å². The first-order valence-electron chi connectivity index (χ1n) is 8.99. The normalized spacial score (nSPS) is 17.0. The molecular weight excluding hydrogens is 380 g/mol. The first-order valence-corrected chi connectivity index (χ1v) is 8.99. The number of H-pyrrole nitrogens is 1. The van der Waals surface area contributed by atoms with Crippen LogP contribution in [0.2, 0.25) is 0 Å². The monoisotopic (exact) mass is 400 g/mol. The van der Waals surface area contributed by atoms with Gasteiger partial charge in [-0.1, -0.05) is 30.3 Å². The number of nitrogens with zero attached hydrogens (tertiary/aromatic N) is 2. The van der Waals surface area contributed by atoms with E-state index in [-0.39, 0.29) is 25.9 Å². The SMILES string of the molecule is O=C(O)[C@H](Cc1cnc[nH]1)NC(=O)[C@@H]1CCC(=O)N1C(=O)OCc1ccccc1. The summed E-state index contributed by atoms with van der Waals surface area (Å²) in [5.74, 6) is -2.50.